The lowest BCUT2D eigenvalue weighted by Crippen LogP contribution is -2.12. The van der Waals surface area contributed by atoms with Crippen LogP contribution in [-0.4, -0.2) is 33.9 Å². The Morgan fingerprint density at radius 3 is 2.59 bits per heavy atom. The van der Waals surface area contributed by atoms with E-state index in [1.54, 1.807) is 0 Å². The van der Waals surface area contributed by atoms with Gasteiger partial charge in [-0.2, -0.15) is 23.5 Å². The van der Waals surface area contributed by atoms with Crippen molar-refractivity contribution in [3.05, 3.63) is 42.0 Å². The molecule has 0 N–H and O–H groups in total. The van der Waals surface area contributed by atoms with Crippen molar-refractivity contribution in [3.63, 3.8) is 0 Å². The van der Waals surface area contributed by atoms with Crippen molar-refractivity contribution in [2.45, 2.75) is 24.4 Å². The van der Waals surface area contributed by atoms with E-state index >= 15 is 0 Å². The van der Waals surface area contributed by atoms with Gasteiger partial charge in [-0.15, -0.1) is 0 Å². The Labute approximate surface area is 152 Å². The molecule has 0 unspecified atom stereocenters. The van der Waals surface area contributed by atoms with E-state index in [2.05, 4.69) is 15.1 Å². The second-order valence-electron chi connectivity index (χ2n) is 5.60. The van der Waals surface area contributed by atoms with Crippen LogP contribution in [0, 0.1) is 11.3 Å². The van der Waals surface area contributed by atoms with Crippen molar-refractivity contribution >= 4 is 20.7 Å². The first-order chi connectivity index (χ1) is 12.7. The standard InChI is InChI=1S/C16H12F3N5O2S/c1-2-27(25,26)13-5-10(3-4-20)7-22-15(13)24-9-11-8-21-14(16(17,18)19)6-12(11)23-24/h5-9H,2-3H2,1H3. The third-order valence-corrected chi connectivity index (χ3v) is 5.51. The predicted molar refractivity (Wildman–Crippen MR) is 88.7 cm³/mol. The maximum atomic E-state index is 12.8. The number of nitrogens with zero attached hydrogens (tertiary/aromatic N) is 5. The molecular formula is C16H12F3N5O2S. The van der Waals surface area contributed by atoms with E-state index in [1.165, 1.54) is 25.4 Å². The van der Waals surface area contributed by atoms with Crippen LogP contribution in [-0.2, 0) is 22.4 Å². The Kier molecular flexibility index (Phi) is 4.61. The molecule has 11 heteroatoms. The summed E-state index contributed by atoms with van der Waals surface area (Å²) in [5.74, 6) is -0.263. The van der Waals surface area contributed by atoms with Crippen LogP contribution >= 0.6 is 0 Å². The molecule has 140 valence electrons. The molecule has 3 aromatic rings. The lowest BCUT2D eigenvalue weighted by atomic mass is 10.2. The van der Waals surface area contributed by atoms with Crippen LogP contribution in [0.25, 0.3) is 16.7 Å². The molecular weight excluding hydrogens is 383 g/mol. The lowest BCUT2D eigenvalue weighted by Gasteiger charge is -2.09. The van der Waals surface area contributed by atoms with E-state index in [-0.39, 0.29) is 28.4 Å². The van der Waals surface area contributed by atoms with E-state index in [0.29, 0.717) is 10.9 Å². The number of nitriles is 1. The molecule has 0 aliphatic heterocycles. The maximum absolute atomic E-state index is 12.8. The van der Waals surface area contributed by atoms with Crippen molar-refractivity contribution < 1.29 is 21.6 Å². The molecule has 0 fully saturated rings. The molecule has 7 nitrogen and oxygen atoms in total. The van der Waals surface area contributed by atoms with Gasteiger partial charge >= 0.3 is 6.18 Å². The molecule has 0 radical (unpaired) electrons. The summed E-state index contributed by atoms with van der Waals surface area (Å²) in [6, 6.07) is 4.02. The molecule has 0 saturated heterocycles. The highest BCUT2D eigenvalue weighted by Gasteiger charge is 2.33. The van der Waals surface area contributed by atoms with E-state index in [4.69, 9.17) is 5.26 Å². The smallest absolute Gasteiger partial charge is 0.251 e. The van der Waals surface area contributed by atoms with Crippen LogP contribution in [0.15, 0.2) is 35.6 Å². The average Bonchev–Trinajstić information content (AvgIpc) is 3.04. The number of hydrogen-bond acceptors (Lipinski definition) is 6. The summed E-state index contributed by atoms with van der Waals surface area (Å²) in [6.45, 7) is 1.45. The topological polar surface area (TPSA) is 102 Å². The molecule has 0 atom stereocenters. The molecule has 3 rings (SSSR count). The van der Waals surface area contributed by atoms with Crippen LogP contribution in [0.1, 0.15) is 18.2 Å². The SMILES string of the molecule is CCS(=O)(=O)c1cc(CC#N)cnc1-n1cc2cnc(C(F)(F)F)cc2n1. The molecule has 0 aromatic carbocycles. The Bertz CT molecular complexity index is 1160. The van der Waals surface area contributed by atoms with Crippen LogP contribution in [0.4, 0.5) is 13.2 Å². The largest absolute Gasteiger partial charge is 0.433 e. The van der Waals surface area contributed by atoms with Crippen molar-refractivity contribution in [3.8, 4) is 11.9 Å². The van der Waals surface area contributed by atoms with Gasteiger partial charge in [-0.25, -0.2) is 18.1 Å². The van der Waals surface area contributed by atoms with Gasteiger partial charge in [0.1, 0.15) is 10.6 Å². The van der Waals surface area contributed by atoms with Crippen molar-refractivity contribution in [1.29, 1.82) is 5.26 Å². The summed E-state index contributed by atoms with van der Waals surface area (Å²) >= 11 is 0. The fourth-order valence-corrected chi connectivity index (χ4v) is 3.47. The Hall–Kier alpha value is -3.00. The Morgan fingerprint density at radius 2 is 1.96 bits per heavy atom. The molecule has 3 heterocycles. The minimum atomic E-state index is -4.62. The number of aromatic nitrogens is 4. The number of alkyl halides is 3. The normalized spacial score (nSPS) is 12.3. The van der Waals surface area contributed by atoms with E-state index in [0.717, 1.165) is 16.9 Å². The lowest BCUT2D eigenvalue weighted by molar-refractivity contribution is -0.141. The minimum absolute atomic E-state index is 0.0000674. The van der Waals surface area contributed by atoms with Crippen LogP contribution in [0.5, 0.6) is 0 Å². The molecule has 27 heavy (non-hydrogen) atoms. The van der Waals surface area contributed by atoms with E-state index < -0.39 is 21.7 Å². The number of halogens is 3. The highest BCUT2D eigenvalue weighted by atomic mass is 32.2. The summed E-state index contributed by atoms with van der Waals surface area (Å²) in [4.78, 5) is 7.29. The van der Waals surface area contributed by atoms with Crippen molar-refractivity contribution in [2.24, 2.45) is 0 Å². The first-order valence-electron chi connectivity index (χ1n) is 7.67. The zero-order chi connectivity index (χ0) is 19.8. The number of rotatable bonds is 4. The van der Waals surface area contributed by atoms with Gasteiger partial charge in [0.15, 0.2) is 15.7 Å². The van der Waals surface area contributed by atoms with Gasteiger partial charge in [-0.3, -0.25) is 4.98 Å². The first-order valence-corrected chi connectivity index (χ1v) is 9.32. The van der Waals surface area contributed by atoms with Gasteiger partial charge in [0.25, 0.3) is 0 Å². The number of sulfone groups is 1. The van der Waals surface area contributed by atoms with Crippen LogP contribution in [0.2, 0.25) is 0 Å². The maximum Gasteiger partial charge on any atom is 0.433 e. The van der Waals surface area contributed by atoms with Gasteiger partial charge in [0.2, 0.25) is 0 Å². The Morgan fingerprint density at radius 1 is 1.22 bits per heavy atom. The monoisotopic (exact) mass is 395 g/mol. The third-order valence-electron chi connectivity index (χ3n) is 3.78. The predicted octanol–water partition coefficient (Wildman–Crippen LogP) is 2.69. The quantitative estimate of drug-likeness (QED) is 0.673. The van der Waals surface area contributed by atoms with Gasteiger partial charge in [0.05, 0.1) is 23.8 Å². The zero-order valence-electron chi connectivity index (χ0n) is 13.9. The number of hydrogen-bond donors (Lipinski definition) is 0. The summed E-state index contributed by atoms with van der Waals surface area (Å²) in [5.41, 5.74) is -0.690. The van der Waals surface area contributed by atoms with Crippen molar-refractivity contribution in [1.82, 2.24) is 19.7 Å². The summed E-state index contributed by atoms with van der Waals surface area (Å²) in [6.07, 6.45) is -0.951. The fraction of sp³-hybridized carbons (Fsp3) is 0.250. The highest BCUT2D eigenvalue weighted by Crippen LogP contribution is 2.30. The molecule has 0 amide bonds. The fourth-order valence-electron chi connectivity index (χ4n) is 2.40. The molecule has 0 spiro atoms. The van der Waals surface area contributed by atoms with Crippen molar-refractivity contribution in [2.75, 3.05) is 5.75 Å². The van der Waals surface area contributed by atoms with Crippen LogP contribution in [0.3, 0.4) is 0 Å². The second kappa shape index (κ2) is 6.62. The van der Waals surface area contributed by atoms with E-state index in [9.17, 15) is 21.6 Å². The van der Waals surface area contributed by atoms with Gasteiger partial charge in [-0.1, -0.05) is 6.92 Å². The molecule has 0 bridgehead atoms. The minimum Gasteiger partial charge on any atom is -0.251 e. The summed E-state index contributed by atoms with van der Waals surface area (Å²) in [5, 5.41) is 13.1. The Balaban J connectivity index is 2.20. The second-order valence-corrected chi connectivity index (χ2v) is 7.85. The number of fused-ring (bicyclic) bond motifs is 1. The van der Waals surface area contributed by atoms with E-state index in [1.807, 2.05) is 6.07 Å². The first kappa shape index (κ1) is 18.8. The third kappa shape index (κ3) is 3.61. The summed E-state index contributed by atoms with van der Waals surface area (Å²) in [7, 11) is -3.72. The average molecular weight is 395 g/mol. The highest BCUT2D eigenvalue weighted by molar-refractivity contribution is 7.91. The van der Waals surface area contributed by atoms with Gasteiger partial charge < -0.3 is 0 Å². The molecule has 0 aliphatic rings. The molecule has 0 aliphatic carbocycles. The molecule has 0 saturated carbocycles. The van der Waals surface area contributed by atoms with Crippen LogP contribution < -0.4 is 0 Å². The van der Waals surface area contributed by atoms with Gasteiger partial charge in [0, 0.05) is 24.0 Å². The van der Waals surface area contributed by atoms with Gasteiger partial charge in [-0.05, 0) is 17.7 Å². The number of pyridine rings is 2. The zero-order valence-corrected chi connectivity index (χ0v) is 14.7. The summed E-state index contributed by atoms with van der Waals surface area (Å²) < 4.78 is 64.4. The molecule has 3 aromatic heterocycles.